The number of amides is 1. The Morgan fingerprint density at radius 1 is 1.05 bits per heavy atom. The maximum atomic E-state index is 12.8. The number of fused-ring (bicyclic) bond motifs is 1. The summed E-state index contributed by atoms with van der Waals surface area (Å²) in [6.07, 6.45) is 7.82. The summed E-state index contributed by atoms with van der Waals surface area (Å²) in [4.78, 5) is 15.2. The molecule has 1 amide bonds. The number of piperidine rings is 1. The fraction of sp³-hybridized carbons (Fsp3) is 0.552. The Kier molecular flexibility index (Phi) is 7.61. The Hall–Kier alpha value is -2.42. The molecule has 2 atom stereocenters. The number of hydrogen-bond acceptors (Lipinski definition) is 6. The molecule has 2 aliphatic heterocycles. The van der Waals surface area contributed by atoms with Gasteiger partial charge in [0.1, 0.15) is 10.6 Å². The van der Waals surface area contributed by atoms with E-state index in [1.54, 1.807) is 12.1 Å². The number of sulfonamides is 1. The number of ether oxygens (including phenoxy) is 2. The summed E-state index contributed by atoms with van der Waals surface area (Å²) in [6.45, 7) is 8.06. The summed E-state index contributed by atoms with van der Waals surface area (Å²) >= 11 is 0. The summed E-state index contributed by atoms with van der Waals surface area (Å²) in [7, 11) is -3.90. The molecule has 2 aromatic rings. The van der Waals surface area contributed by atoms with E-state index in [1.807, 2.05) is 18.2 Å². The van der Waals surface area contributed by atoms with Crippen molar-refractivity contribution in [3.8, 4) is 5.75 Å². The van der Waals surface area contributed by atoms with Crippen LogP contribution in [0.2, 0.25) is 0 Å². The second kappa shape index (κ2) is 10.8. The molecule has 0 aromatic heterocycles. The third-order valence-electron chi connectivity index (χ3n) is 8.63. The van der Waals surface area contributed by atoms with E-state index in [9.17, 15) is 13.2 Å². The second-order valence-corrected chi connectivity index (χ2v) is 12.8. The Morgan fingerprint density at radius 2 is 1.84 bits per heavy atom. The Bertz CT molecular complexity index is 1230. The van der Waals surface area contributed by atoms with Crippen molar-refractivity contribution in [2.45, 2.75) is 68.8 Å². The minimum Gasteiger partial charge on any atom is -0.472 e. The van der Waals surface area contributed by atoms with Crippen LogP contribution in [-0.4, -0.2) is 62.6 Å². The lowest BCUT2D eigenvalue weighted by atomic mass is 9.68. The molecule has 0 spiro atoms. The molecule has 1 saturated carbocycles. The first-order valence-electron chi connectivity index (χ1n) is 13.5. The predicted octanol–water partition coefficient (Wildman–Crippen LogP) is 4.82. The van der Waals surface area contributed by atoms with Gasteiger partial charge in [-0.1, -0.05) is 57.4 Å². The van der Waals surface area contributed by atoms with Crippen LogP contribution in [0.25, 0.3) is 0 Å². The van der Waals surface area contributed by atoms with Crippen LogP contribution in [0.5, 0.6) is 5.75 Å². The number of benzene rings is 2. The summed E-state index contributed by atoms with van der Waals surface area (Å²) in [5, 5.41) is 0. The third kappa shape index (κ3) is 5.29. The monoisotopic (exact) mass is 526 g/mol. The van der Waals surface area contributed by atoms with Crippen LogP contribution < -0.4 is 4.74 Å². The van der Waals surface area contributed by atoms with Gasteiger partial charge in [0, 0.05) is 13.1 Å². The van der Waals surface area contributed by atoms with E-state index in [-0.39, 0.29) is 22.6 Å². The first kappa shape index (κ1) is 26.2. The molecule has 200 valence electrons. The molecule has 0 bridgehead atoms. The zero-order valence-electron chi connectivity index (χ0n) is 21.9. The fourth-order valence-electron chi connectivity index (χ4n) is 5.96. The molecule has 8 heteroatoms. The second-order valence-electron chi connectivity index (χ2n) is 11.0. The van der Waals surface area contributed by atoms with E-state index in [1.165, 1.54) is 49.8 Å². The van der Waals surface area contributed by atoms with Crippen LogP contribution >= 0.6 is 0 Å². The minimum atomic E-state index is -3.90. The van der Waals surface area contributed by atoms with Crippen molar-refractivity contribution in [1.82, 2.24) is 9.21 Å². The summed E-state index contributed by atoms with van der Waals surface area (Å²) in [5.41, 5.74) is 1.35. The number of hydrogen-bond donors (Lipinski definition) is 0. The summed E-state index contributed by atoms with van der Waals surface area (Å²) in [6, 6.07) is 14.2. The highest BCUT2D eigenvalue weighted by molar-refractivity contribution is 7.90. The molecule has 37 heavy (non-hydrogen) atoms. The van der Waals surface area contributed by atoms with E-state index in [0.717, 1.165) is 37.0 Å². The molecule has 1 saturated heterocycles. The zero-order chi connectivity index (χ0) is 26.0. The van der Waals surface area contributed by atoms with Crippen molar-refractivity contribution in [1.29, 1.82) is 0 Å². The fourth-order valence-corrected chi connectivity index (χ4v) is 7.39. The van der Waals surface area contributed by atoms with Crippen molar-refractivity contribution in [3.05, 3.63) is 59.7 Å². The van der Waals surface area contributed by atoms with Gasteiger partial charge in [0.15, 0.2) is 6.73 Å². The van der Waals surface area contributed by atoms with E-state index >= 15 is 0 Å². The van der Waals surface area contributed by atoms with Crippen molar-refractivity contribution >= 4 is 15.9 Å². The number of carbonyl (C=O) groups is 1. The SMILES string of the molecule is CC1CN(CCOC2CCCCC2)CCC1(C)c1cccc(OCN2C(=O)c3ccccc3S2(=O)=O)c1. The van der Waals surface area contributed by atoms with Crippen LogP contribution in [0.1, 0.15) is 68.3 Å². The summed E-state index contributed by atoms with van der Waals surface area (Å²) < 4.78 is 38.5. The zero-order valence-corrected chi connectivity index (χ0v) is 22.7. The number of rotatable bonds is 8. The van der Waals surface area contributed by atoms with Crippen molar-refractivity contribution in [2.75, 3.05) is 33.0 Å². The Morgan fingerprint density at radius 3 is 2.59 bits per heavy atom. The van der Waals surface area contributed by atoms with Gasteiger partial charge in [-0.15, -0.1) is 0 Å². The van der Waals surface area contributed by atoms with Crippen molar-refractivity contribution in [3.63, 3.8) is 0 Å². The molecule has 2 heterocycles. The van der Waals surface area contributed by atoms with E-state index in [2.05, 4.69) is 24.8 Å². The average molecular weight is 527 g/mol. The van der Waals surface area contributed by atoms with E-state index in [4.69, 9.17) is 9.47 Å². The van der Waals surface area contributed by atoms with Crippen LogP contribution in [-0.2, 0) is 20.2 Å². The maximum absolute atomic E-state index is 12.8. The van der Waals surface area contributed by atoms with Crippen molar-refractivity contribution < 1.29 is 22.7 Å². The lowest BCUT2D eigenvalue weighted by molar-refractivity contribution is 0.00524. The highest BCUT2D eigenvalue weighted by Crippen LogP contribution is 2.40. The Labute approximate surface area is 220 Å². The molecule has 2 unspecified atom stereocenters. The molecule has 1 aliphatic carbocycles. The molecular weight excluding hydrogens is 488 g/mol. The maximum Gasteiger partial charge on any atom is 0.271 e. The first-order valence-corrected chi connectivity index (χ1v) is 15.0. The van der Waals surface area contributed by atoms with Gasteiger partial charge in [-0.05, 0) is 67.0 Å². The lowest BCUT2D eigenvalue weighted by Gasteiger charge is -2.45. The van der Waals surface area contributed by atoms with Gasteiger partial charge in [-0.25, -0.2) is 8.42 Å². The van der Waals surface area contributed by atoms with Gasteiger partial charge in [-0.2, -0.15) is 4.31 Å². The van der Waals surface area contributed by atoms with E-state index in [0.29, 0.717) is 17.8 Å². The van der Waals surface area contributed by atoms with Gasteiger partial charge in [0.2, 0.25) is 0 Å². The van der Waals surface area contributed by atoms with Gasteiger partial charge in [0.05, 0.1) is 18.3 Å². The standard InChI is InChI=1S/C29H38N2O5S/c1-22-20-30(17-18-35-24-10-4-3-5-11-24)16-15-29(22,2)23-9-8-12-25(19-23)36-21-31-28(32)26-13-6-7-14-27(26)37(31,33)34/h6-9,12-14,19,22,24H,3-5,10-11,15-18,20-21H2,1-2H3. The largest absolute Gasteiger partial charge is 0.472 e. The highest BCUT2D eigenvalue weighted by atomic mass is 32.2. The molecule has 5 rings (SSSR count). The van der Waals surface area contributed by atoms with Gasteiger partial charge >= 0.3 is 0 Å². The minimum absolute atomic E-state index is 0.0220. The number of likely N-dealkylation sites (tertiary alicyclic amines) is 1. The van der Waals surface area contributed by atoms with Gasteiger partial charge in [0.25, 0.3) is 15.9 Å². The number of carbonyl (C=O) groups excluding carboxylic acids is 1. The molecule has 0 N–H and O–H groups in total. The van der Waals surface area contributed by atoms with Crippen molar-refractivity contribution in [2.24, 2.45) is 5.92 Å². The average Bonchev–Trinajstić information content (AvgIpc) is 3.10. The smallest absolute Gasteiger partial charge is 0.271 e. The van der Waals surface area contributed by atoms with Crippen LogP contribution in [0.4, 0.5) is 0 Å². The van der Waals surface area contributed by atoms with E-state index < -0.39 is 15.9 Å². The molecule has 7 nitrogen and oxygen atoms in total. The molecule has 2 fully saturated rings. The Balaban J connectivity index is 1.18. The van der Waals surface area contributed by atoms with Crippen LogP contribution in [0.15, 0.2) is 53.4 Å². The van der Waals surface area contributed by atoms with Gasteiger partial charge < -0.3 is 14.4 Å². The third-order valence-corrected chi connectivity index (χ3v) is 10.4. The van der Waals surface area contributed by atoms with Crippen LogP contribution in [0.3, 0.4) is 0 Å². The highest BCUT2D eigenvalue weighted by Gasteiger charge is 2.41. The predicted molar refractivity (Wildman–Crippen MR) is 142 cm³/mol. The van der Waals surface area contributed by atoms with Gasteiger partial charge in [-0.3, -0.25) is 4.79 Å². The molecule has 3 aliphatic rings. The molecular formula is C29H38N2O5S. The number of nitrogens with zero attached hydrogens (tertiary/aromatic N) is 2. The first-order chi connectivity index (χ1) is 17.8. The topological polar surface area (TPSA) is 76.2 Å². The normalized spacial score (nSPS) is 26.3. The quantitative estimate of drug-likeness (QED) is 0.491. The molecule has 0 radical (unpaired) electrons. The lowest BCUT2D eigenvalue weighted by Crippen LogP contribution is -2.48. The van der Waals surface area contributed by atoms with Crippen LogP contribution in [0, 0.1) is 5.92 Å². The molecule has 2 aromatic carbocycles. The summed E-state index contributed by atoms with van der Waals surface area (Å²) in [5.74, 6) is 0.446.